The first-order valence-corrected chi connectivity index (χ1v) is 13.7. The molecule has 10 heteroatoms. The molecule has 0 unspecified atom stereocenters. The van der Waals surface area contributed by atoms with Crippen LogP contribution >= 0.6 is 11.6 Å². The Bertz CT molecular complexity index is 1370. The van der Waals surface area contributed by atoms with Gasteiger partial charge < -0.3 is 15.8 Å². The Morgan fingerprint density at radius 2 is 1.73 bits per heavy atom. The number of nitrogens with one attached hydrogen (secondary N) is 1. The van der Waals surface area contributed by atoms with E-state index >= 15 is 0 Å². The summed E-state index contributed by atoms with van der Waals surface area (Å²) in [7, 11) is -4.18. The number of hydrogen-bond donors (Lipinski definition) is 2. The Balaban J connectivity index is 1.93. The lowest BCUT2D eigenvalue weighted by Crippen LogP contribution is -2.47. The average Bonchev–Trinajstić information content (AvgIpc) is 2.81. The van der Waals surface area contributed by atoms with Crippen LogP contribution in [0.15, 0.2) is 71.6 Å². The van der Waals surface area contributed by atoms with Crippen molar-refractivity contribution in [1.82, 2.24) is 9.62 Å². The van der Waals surface area contributed by atoms with Crippen LogP contribution in [0.25, 0.3) is 10.8 Å². The molecule has 0 aliphatic rings. The third-order valence-corrected chi connectivity index (χ3v) is 7.71. The van der Waals surface area contributed by atoms with E-state index in [1.165, 1.54) is 6.07 Å². The average molecular weight is 546 g/mol. The molecule has 0 aliphatic carbocycles. The molecular weight excluding hydrogens is 514 g/mol. The number of primary amides is 1. The van der Waals surface area contributed by atoms with Crippen LogP contribution < -0.4 is 11.1 Å². The minimum atomic E-state index is -4.18. The Labute approximate surface area is 222 Å². The van der Waals surface area contributed by atoms with E-state index in [4.69, 9.17) is 22.1 Å². The molecule has 0 heterocycles. The normalized spacial score (nSPS) is 12.9. The zero-order valence-electron chi connectivity index (χ0n) is 21.1. The number of rotatable bonds is 10. The molecule has 3 rings (SSSR count). The molecule has 2 amide bonds. The number of ether oxygens (including phenoxy) is 1. The van der Waals surface area contributed by atoms with Crippen LogP contribution in [0.3, 0.4) is 0 Å². The van der Waals surface area contributed by atoms with Gasteiger partial charge in [0.25, 0.3) is 0 Å². The zero-order chi connectivity index (χ0) is 27.2. The number of nitrogens with zero attached hydrogens (tertiary/aromatic N) is 1. The highest BCUT2D eigenvalue weighted by atomic mass is 35.5. The third-order valence-electron chi connectivity index (χ3n) is 5.56. The highest BCUT2D eigenvalue weighted by molar-refractivity contribution is 7.89. The summed E-state index contributed by atoms with van der Waals surface area (Å²) in [5.74, 6) is -0.789. The van der Waals surface area contributed by atoms with Gasteiger partial charge in [-0.15, -0.1) is 0 Å². The topological polar surface area (TPSA) is 119 Å². The molecule has 3 N–H and O–H groups in total. The van der Waals surface area contributed by atoms with E-state index in [9.17, 15) is 18.0 Å². The molecule has 3 aromatic carbocycles. The van der Waals surface area contributed by atoms with Crippen molar-refractivity contribution in [2.24, 2.45) is 5.73 Å². The number of amides is 2. The first kappa shape index (κ1) is 28.4. The van der Waals surface area contributed by atoms with Crippen LogP contribution in [0.1, 0.15) is 39.2 Å². The van der Waals surface area contributed by atoms with Gasteiger partial charge in [-0.3, -0.25) is 4.79 Å². The van der Waals surface area contributed by atoms with Crippen LogP contribution in [0.5, 0.6) is 0 Å². The molecule has 0 aromatic heterocycles. The number of fused-ring (bicyclic) bond motifs is 1. The van der Waals surface area contributed by atoms with Crippen molar-refractivity contribution in [3.63, 3.8) is 0 Å². The van der Waals surface area contributed by atoms with Crippen molar-refractivity contribution in [2.75, 3.05) is 6.54 Å². The van der Waals surface area contributed by atoms with E-state index in [0.717, 1.165) is 9.69 Å². The molecule has 3 aromatic rings. The summed E-state index contributed by atoms with van der Waals surface area (Å²) in [6, 6.07) is 17.8. The van der Waals surface area contributed by atoms with Crippen LogP contribution in [0.4, 0.5) is 4.79 Å². The summed E-state index contributed by atoms with van der Waals surface area (Å²) < 4.78 is 34.5. The largest absolute Gasteiger partial charge is 0.444 e. The first-order chi connectivity index (χ1) is 17.4. The van der Waals surface area contributed by atoms with Gasteiger partial charge in [0.2, 0.25) is 15.9 Å². The lowest BCUT2D eigenvalue weighted by Gasteiger charge is -2.29. The Hall–Kier alpha value is -3.14. The summed E-state index contributed by atoms with van der Waals surface area (Å²) in [4.78, 5) is 24.7. The number of carbonyl (C=O) groups excluding carboxylic acids is 2. The number of halogens is 1. The summed E-state index contributed by atoms with van der Waals surface area (Å²) >= 11 is 6.15. The molecule has 0 spiro atoms. The molecular formula is C27H32ClN3O5S. The molecule has 0 aliphatic heterocycles. The quantitative estimate of drug-likeness (QED) is 0.353. The van der Waals surface area contributed by atoms with E-state index in [2.05, 4.69) is 5.32 Å². The minimum Gasteiger partial charge on any atom is -0.444 e. The van der Waals surface area contributed by atoms with Gasteiger partial charge in [0.15, 0.2) is 0 Å². The molecule has 0 saturated carbocycles. The Morgan fingerprint density at radius 3 is 2.41 bits per heavy atom. The molecule has 37 heavy (non-hydrogen) atoms. The second-order valence-electron chi connectivity index (χ2n) is 9.65. The SMILES string of the molecule is CC(C)(C)OC(=O)NCCC[C@@H](C(N)=O)N(Cc1cccc(Cl)c1)S(=O)(=O)c1cccc2ccccc12. The van der Waals surface area contributed by atoms with Crippen LogP contribution in [0, 0.1) is 0 Å². The van der Waals surface area contributed by atoms with E-state index in [0.29, 0.717) is 22.4 Å². The lowest BCUT2D eigenvalue weighted by molar-refractivity contribution is -0.122. The predicted octanol–water partition coefficient (Wildman–Crippen LogP) is 4.84. The Kier molecular flexibility index (Phi) is 9.17. The first-order valence-electron chi connectivity index (χ1n) is 11.9. The lowest BCUT2D eigenvalue weighted by atomic mass is 10.1. The molecule has 0 radical (unpaired) electrons. The number of benzene rings is 3. The number of nitrogens with two attached hydrogens (primary N) is 1. The highest BCUT2D eigenvalue weighted by Gasteiger charge is 2.35. The summed E-state index contributed by atoms with van der Waals surface area (Å²) in [5.41, 5.74) is 5.70. The van der Waals surface area contributed by atoms with Crippen molar-refractivity contribution in [1.29, 1.82) is 0 Å². The fourth-order valence-electron chi connectivity index (χ4n) is 3.95. The van der Waals surface area contributed by atoms with E-state index in [1.54, 1.807) is 63.2 Å². The van der Waals surface area contributed by atoms with Crippen molar-refractivity contribution in [3.8, 4) is 0 Å². The molecule has 1 atom stereocenters. The molecule has 198 valence electrons. The van der Waals surface area contributed by atoms with Gasteiger partial charge in [-0.2, -0.15) is 4.31 Å². The minimum absolute atomic E-state index is 0.0748. The molecule has 0 saturated heterocycles. The Morgan fingerprint density at radius 1 is 1.05 bits per heavy atom. The van der Waals surface area contributed by atoms with E-state index in [1.807, 2.05) is 18.2 Å². The van der Waals surface area contributed by atoms with Crippen LogP contribution in [-0.2, 0) is 26.1 Å². The molecule has 0 bridgehead atoms. The van der Waals surface area contributed by atoms with Crippen molar-refractivity contribution in [3.05, 3.63) is 77.3 Å². The second-order valence-corrected chi connectivity index (χ2v) is 11.9. The van der Waals surface area contributed by atoms with E-state index < -0.39 is 33.7 Å². The van der Waals surface area contributed by atoms with Gasteiger partial charge in [0.1, 0.15) is 11.6 Å². The monoisotopic (exact) mass is 545 g/mol. The van der Waals surface area contributed by atoms with Crippen LogP contribution in [-0.4, -0.2) is 42.9 Å². The van der Waals surface area contributed by atoms with Gasteiger partial charge in [0, 0.05) is 23.5 Å². The maximum atomic E-state index is 14.1. The van der Waals surface area contributed by atoms with Crippen molar-refractivity contribution >= 4 is 44.4 Å². The predicted molar refractivity (Wildman–Crippen MR) is 145 cm³/mol. The van der Waals surface area contributed by atoms with Gasteiger partial charge >= 0.3 is 6.09 Å². The fraction of sp³-hybridized carbons (Fsp3) is 0.333. The molecule has 8 nitrogen and oxygen atoms in total. The van der Waals surface area contributed by atoms with E-state index in [-0.39, 0.29) is 24.4 Å². The maximum absolute atomic E-state index is 14.1. The van der Waals surface area contributed by atoms with Crippen molar-refractivity contribution < 1.29 is 22.7 Å². The van der Waals surface area contributed by atoms with Gasteiger partial charge in [-0.1, -0.05) is 60.1 Å². The van der Waals surface area contributed by atoms with Crippen LogP contribution in [0.2, 0.25) is 5.02 Å². The zero-order valence-corrected chi connectivity index (χ0v) is 22.7. The van der Waals surface area contributed by atoms with Crippen molar-refractivity contribution in [2.45, 2.75) is 56.7 Å². The number of sulfonamides is 1. The second kappa shape index (κ2) is 11.9. The summed E-state index contributed by atoms with van der Waals surface area (Å²) in [6.45, 7) is 5.32. The number of alkyl carbamates (subject to hydrolysis) is 1. The third kappa shape index (κ3) is 7.67. The summed E-state index contributed by atoms with van der Waals surface area (Å²) in [5, 5.41) is 4.36. The number of hydrogen-bond acceptors (Lipinski definition) is 5. The standard InChI is InChI=1S/C27H32ClN3O5S/c1-27(2,3)36-26(33)30-16-8-14-23(25(29)32)31(18-19-9-6-12-21(28)17-19)37(34,35)24-15-7-11-20-10-4-5-13-22(20)24/h4-7,9-13,15,17,23H,8,14,16,18H2,1-3H3,(H2,29,32)(H,30,33)/t23-/m0/s1. The number of carbonyl (C=O) groups is 2. The highest BCUT2D eigenvalue weighted by Crippen LogP contribution is 2.29. The maximum Gasteiger partial charge on any atom is 0.407 e. The van der Waals surface area contributed by atoms with Gasteiger partial charge in [-0.05, 0) is 62.8 Å². The molecule has 0 fully saturated rings. The summed E-state index contributed by atoms with van der Waals surface area (Å²) in [6.07, 6.45) is -0.207. The fourth-order valence-corrected chi connectivity index (χ4v) is 6.00. The smallest absolute Gasteiger partial charge is 0.407 e. The van der Waals surface area contributed by atoms with Gasteiger partial charge in [0.05, 0.1) is 4.90 Å². The van der Waals surface area contributed by atoms with Gasteiger partial charge in [-0.25, -0.2) is 13.2 Å².